The van der Waals surface area contributed by atoms with E-state index >= 15 is 0 Å². The van der Waals surface area contributed by atoms with Crippen molar-refractivity contribution in [1.82, 2.24) is 19.6 Å². The van der Waals surface area contributed by atoms with E-state index in [-0.39, 0.29) is 21.1 Å². The van der Waals surface area contributed by atoms with Crippen molar-refractivity contribution >= 4 is 43.9 Å². The van der Waals surface area contributed by atoms with Gasteiger partial charge in [-0.05, 0) is 49.5 Å². The average molecular weight is 702 g/mol. The second-order valence-corrected chi connectivity index (χ2v) is 10.3. The van der Waals surface area contributed by atoms with Crippen LogP contribution in [0.3, 0.4) is 0 Å². The largest absolute Gasteiger partial charge is 2.00 e. The van der Waals surface area contributed by atoms with Crippen molar-refractivity contribution in [3.8, 4) is 11.4 Å². The van der Waals surface area contributed by atoms with E-state index in [0.29, 0.717) is 0 Å². The monoisotopic (exact) mass is 701 g/mol. The zero-order chi connectivity index (χ0) is 26.1. The van der Waals surface area contributed by atoms with Crippen molar-refractivity contribution < 1.29 is 29.9 Å². The van der Waals surface area contributed by atoms with Crippen LogP contribution in [0.4, 0.5) is 0 Å². The van der Waals surface area contributed by atoms with Crippen LogP contribution in [0.1, 0.15) is 25.2 Å². The van der Waals surface area contributed by atoms with Crippen molar-refractivity contribution in [2.24, 2.45) is 0 Å². The Balaban J connectivity index is 0.00000264. The molecule has 0 amide bonds. The Morgan fingerprint density at radius 3 is 1.52 bits per heavy atom. The Hall–Kier alpha value is -4.41. The second-order valence-electron chi connectivity index (χ2n) is 10.3. The van der Waals surface area contributed by atoms with Crippen LogP contribution < -0.4 is 0 Å². The molecule has 0 fully saturated rings. The summed E-state index contributed by atoms with van der Waals surface area (Å²) in [5, 5.41) is 14.2. The first kappa shape index (κ1) is 24.6. The first-order valence-electron chi connectivity index (χ1n) is 12.8. The summed E-state index contributed by atoms with van der Waals surface area (Å²) in [6, 6.07) is 34.7. The topological polar surface area (TPSA) is 61.9 Å². The molecule has 0 saturated heterocycles. The summed E-state index contributed by atoms with van der Waals surface area (Å²) in [7, 11) is 0. The number of hydrogen-bond acceptors (Lipinski definition) is 4. The summed E-state index contributed by atoms with van der Waals surface area (Å²) in [6.07, 6.45) is 3.91. The van der Waals surface area contributed by atoms with Crippen LogP contribution in [0.2, 0.25) is 0 Å². The van der Waals surface area contributed by atoms with Gasteiger partial charge in [0.15, 0.2) is 0 Å². The minimum Gasteiger partial charge on any atom is -0.513 e. The summed E-state index contributed by atoms with van der Waals surface area (Å²) >= 11 is 0. The van der Waals surface area contributed by atoms with Crippen LogP contribution in [0.5, 0.6) is 0 Å². The molecule has 4 aromatic carbocycles. The van der Waals surface area contributed by atoms with Crippen molar-refractivity contribution in [1.29, 1.82) is 0 Å². The maximum absolute atomic E-state index is 6.21. The smallest absolute Gasteiger partial charge is 0.513 e. The molecule has 8 rings (SSSR count). The molecule has 0 saturated carbocycles. The third kappa shape index (κ3) is 3.60. The SMILES string of the molecule is CC(C)(c1ccn(-c2[c-]ccc3c2oc2ccccc23)n1)c1ccn(-c2[c-]ccc3c2oc2ccccc23)n1.[Pt+2]. The Bertz CT molecular complexity index is 2030. The first-order valence-corrected chi connectivity index (χ1v) is 12.8. The van der Waals surface area contributed by atoms with Gasteiger partial charge in [0.1, 0.15) is 11.2 Å². The minimum atomic E-state index is -0.458. The molecule has 0 aliphatic rings. The molecule has 4 aromatic heterocycles. The fourth-order valence-electron chi connectivity index (χ4n) is 5.39. The summed E-state index contributed by atoms with van der Waals surface area (Å²) < 4.78 is 16.1. The van der Waals surface area contributed by atoms with Gasteiger partial charge in [0.05, 0.1) is 16.8 Å². The minimum absolute atomic E-state index is 0. The van der Waals surface area contributed by atoms with Gasteiger partial charge in [-0.1, -0.05) is 47.2 Å². The van der Waals surface area contributed by atoms with Gasteiger partial charge in [0.2, 0.25) is 0 Å². The molecule has 196 valence electrons. The molecular weight excluding hydrogens is 679 g/mol. The van der Waals surface area contributed by atoms with E-state index in [1.54, 1.807) is 0 Å². The van der Waals surface area contributed by atoms with E-state index in [1.165, 1.54) is 0 Å². The number of para-hydroxylation sites is 2. The van der Waals surface area contributed by atoms with Gasteiger partial charge >= 0.3 is 21.1 Å². The molecule has 0 aliphatic carbocycles. The van der Waals surface area contributed by atoms with Crippen LogP contribution in [0, 0.1) is 12.1 Å². The number of benzene rings is 4. The van der Waals surface area contributed by atoms with Gasteiger partial charge in [-0.25, -0.2) is 0 Å². The molecule has 0 atom stereocenters. The fraction of sp³-hybridized carbons (Fsp3) is 0.0909. The van der Waals surface area contributed by atoms with Crippen LogP contribution in [0.15, 0.2) is 106 Å². The van der Waals surface area contributed by atoms with E-state index in [0.717, 1.165) is 66.6 Å². The van der Waals surface area contributed by atoms with Crippen molar-refractivity contribution in [2.75, 3.05) is 0 Å². The molecule has 8 aromatic rings. The van der Waals surface area contributed by atoms with Crippen LogP contribution in [-0.4, -0.2) is 19.6 Å². The normalized spacial score (nSPS) is 12.1. The quantitative estimate of drug-likeness (QED) is 0.176. The van der Waals surface area contributed by atoms with Gasteiger partial charge in [0, 0.05) is 34.3 Å². The molecule has 0 aliphatic heterocycles. The number of hydrogen-bond donors (Lipinski definition) is 0. The Morgan fingerprint density at radius 2 is 1.05 bits per heavy atom. The average Bonchev–Trinajstić information content (AvgIpc) is 3.76. The molecule has 7 heteroatoms. The van der Waals surface area contributed by atoms with Crippen molar-refractivity contribution in [2.45, 2.75) is 19.3 Å². The summed E-state index contributed by atoms with van der Waals surface area (Å²) in [5.74, 6) is 0. The van der Waals surface area contributed by atoms with Gasteiger partial charge in [-0.15, -0.1) is 0 Å². The Morgan fingerprint density at radius 1 is 0.600 bits per heavy atom. The summed E-state index contributed by atoms with van der Waals surface area (Å²) in [6.45, 7) is 4.26. The molecule has 0 unspecified atom stereocenters. The number of rotatable bonds is 4. The van der Waals surface area contributed by atoms with E-state index in [4.69, 9.17) is 19.0 Å². The maximum Gasteiger partial charge on any atom is 2.00 e. The second kappa shape index (κ2) is 9.07. The Labute approximate surface area is 244 Å². The van der Waals surface area contributed by atoms with Crippen LogP contribution in [-0.2, 0) is 26.5 Å². The number of aromatic nitrogens is 4. The molecule has 0 radical (unpaired) electrons. The molecule has 0 bridgehead atoms. The number of nitrogens with zero attached hydrogens (tertiary/aromatic N) is 4. The third-order valence-electron chi connectivity index (χ3n) is 7.56. The van der Waals surface area contributed by atoms with E-state index in [1.807, 2.05) is 94.6 Å². The van der Waals surface area contributed by atoms with Gasteiger partial charge in [0.25, 0.3) is 0 Å². The van der Waals surface area contributed by atoms with Crippen molar-refractivity contribution in [3.63, 3.8) is 0 Å². The van der Waals surface area contributed by atoms with Gasteiger partial charge in [-0.2, -0.15) is 46.6 Å². The van der Waals surface area contributed by atoms with E-state index < -0.39 is 5.41 Å². The van der Waals surface area contributed by atoms with E-state index in [9.17, 15) is 0 Å². The molecule has 6 nitrogen and oxygen atoms in total. The standard InChI is InChI=1S/C33H22N4O2.Pt/c1-33(2,29-17-19-36(34-29)25-13-7-11-23-21-9-3-5-15-27(21)38-31(23)25)30-18-20-37(35-30)26-14-8-12-24-22-10-4-6-16-28(22)39-32(24)26;/h3-12,15-20H,1-2H3;/q-2;+2. The van der Waals surface area contributed by atoms with E-state index in [2.05, 4.69) is 38.1 Å². The fourth-order valence-corrected chi connectivity index (χ4v) is 5.39. The molecule has 0 N–H and O–H groups in total. The molecule has 4 heterocycles. The molecule has 40 heavy (non-hydrogen) atoms. The van der Waals surface area contributed by atoms with Gasteiger partial charge < -0.3 is 8.83 Å². The van der Waals surface area contributed by atoms with Crippen LogP contribution in [0.25, 0.3) is 55.3 Å². The predicted octanol–water partition coefficient (Wildman–Crippen LogP) is 7.78. The number of fused-ring (bicyclic) bond motifs is 6. The maximum atomic E-state index is 6.21. The zero-order valence-electron chi connectivity index (χ0n) is 21.7. The van der Waals surface area contributed by atoms with Crippen LogP contribution >= 0.6 is 0 Å². The first-order chi connectivity index (χ1) is 19.1. The predicted molar refractivity (Wildman–Crippen MR) is 151 cm³/mol. The van der Waals surface area contributed by atoms with Gasteiger partial charge in [-0.3, -0.25) is 9.36 Å². The third-order valence-corrected chi connectivity index (χ3v) is 7.56. The summed E-state index contributed by atoms with van der Waals surface area (Å²) in [5.41, 5.74) is 6.12. The zero-order valence-corrected chi connectivity index (χ0v) is 23.9. The Kier molecular flexibility index (Phi) is 5.58. The summed E-state index contributed by atoms with van der Waals surface area (Å²) in [4.78, 5) is 0. The number of furan rings is 2. The molecule has 0 spiro atoms. The molecular formula is C33H22N4O2Pt. The van der Waals surface area contributed by atoms with Crippen molar-refractivity contribution in [3.05, 3.63) is 121 Å².